The van der Waals surface area contributed by atoms with E-state index < -0.39 is 0 Å². The molecule has 0 spiro atoms. The Morgan fingerprint density at radius 2 is 1.64 bits per heavy atom. The molecule has 2 nitrogen and oxygen atoms in total. The topological polar surface area (TPSA) is 25.8 Å². The molecule has 0 amide bonds. The Morgan fingerprint density at radius 3 is 2.50 bits per heavy atom. The molecular weight excluding hydrogens is 364 g/mol. The van der Waals surface area contributed by atoms with Crippen LogP contribution in [-0.2, 0) is 6.42 Å². The first-order valence-electron chi connectivity index (χ1n) is 9.52. The van der Waals surface area contributed by atoms with Crippen LogP contribution in [0.25, 0.3) is 39.4 Å². The fourth-order valence-electron chi connectivity index (χ4n) is 3.99. The highest BCUT2D eigenvalue weighted by Gasteiger charge is 2.15. The van der Waals surface area contributed by atoms with Crippen LogP contribution in [0.2, 0.25) is 5.28 Å². The van der Waals surface area contributed by atoms with Crippen LogP contribution < -0.4 is 0 Å². The van der Waals surface area contributed by atoms with Crippen LogP contribution in [0.1, 0.15) is 18.1 Å². The zero-order chi connectivity index (χ0) is 19.1. The molecule has 0 aliphatic heterocycles. The molecule has 28 heavy (non-hydrogen) atoms. The summed E-state index contributed by atoms with van der Waals surface area (Å²) in [5.74, 6) is 0.572. The lowest BCUT2D eigenvalue weighted by molar-refractivity contribution is 0.718. The summed E-state index contributed by atoms with van der Waals surface area (Å²) in [5, 5.41) is 1.28. The first kappa shape index (κ1) is 17.2. The second kappa shape index (κ2) is 6.88. The molecule has 4 aromatic rings. The molecule has 0 saturated heterocycles. The minimum atomic E-state index is 0.274. The predicted molar refractivity (Wildman–Crippen MR) is 117 cm³/mol. The third-order valence-corrected chi connectivity index (χ3v) is 5.56. The fourth-order valence-corrected chi connectivity index (χ4v) is 4.17. The van der Waals surface area contributed by atoms with Crippen molar-refractivity contribution in [3.63, 3.8) is 0 Å². The van der Waals surface area contributed by atoms with E-state index in [-0.39, 0.29) is 5.28 Å². The lowest BCUT2D eigenvalue weighted by atomic mass is 9.85. The molecule has 3 heteroatoms. The van der Waals surface area contributed by atoms with E-state index in [1.807, 2.05) is 24.3 Å². The number of nitrogens with zero attached hydrogens (tertiary/aromatic N) is 2. The van der Waals surface area contributed by atoms with Crippen molar-refractivity contribution in [3.05, 3.63) is 89.2 Å². The first-order valence-corrected chi connectivity index (χ1v) is 9.90. The van der Waals surface area contributed by atoms with Crippen LogP contribution in [-0.4, -0.2) is 9.97 Å². The van der Waals surface area contributed by atoms with Gasteiger partial charge in [-0.25, -0.2) is 9.97 Å². The third kappa shape index (κ3) is 3.00. The number of aromatic nitrogens is 2. The quantitative estimate of drug-likeness (QED) is 0.355. The molecule has 0 N–H and O–H groups in total. The number of allylic oxidation sites excluding steroid dienone is 1. The summed E-state index contributed by atoms with van der Waals surface area (Å²) in [4.78, 5) is 8.83. The van der Waals surface area contributed by atoms with Crippen LogP contribution in [0.5, 0.6) is 0 Å². The maximum atomic E-state index is 6.17. The second-order valence-electron chi connectivity index (χ2n) is 7.35. The predicted octanol–water partition coefficient (Wildman–Crippen LogP) is 6.82. The van der Waals surface area contributed by atoms with E-state index in [0.717, 1.165) is 28.6 Å². The number of rotatable bonds is 2. The zero-order valence-electron chi connectivity index (χ0n) is 15.6. The maximum Gasteiger partial charge on any atom is 0.223 e. The van der Waals surface area contributed by atoms with E-state index in [1.54, 1.807) is 0 Å². The van der Waals surface area contributed by atoms with Crippen LogP contribution in [0.15, 0.2) is 72.8 Å². The Balaban J connectivity index is 1.60. The first-order chi connectivity index (χ1) is 13.7. The summed E-state index contributed by atoms with van der Waals surface area (Å²) < 4.78 is 0. The van der Waals surface area contributed by atoms with Gasteiger partial charge in [0.25, 0.3) is 0 Å². The van der Waals surface area contributed by atoms with E-state index in [4.69, 9.17) is 11.6 Å². The summed E-state index contributed by atoms with van der Waals surface area (Å²) in [5.41, 5.74) is 8.07. The van der Waals surface area contributed by atoms with E-state index in [2.05, 4.69) is 71.5 Å². The van der Waals surface area contributed by atoms with Crippen molar-refractivity contribution in [2.45, 2.75) is 13.3 Å². The Morgan fingerprint density at radius 1 is 0.857 bits per heavy atom. The molecule has 1 unspecified atom stereocenters. The third-order valence-electron chi connectivity index (χ3n) is 5.39. The number of halogens is 1. The molecule has 0 radical (unpaired) electrons. The molecule has 5 rings (SSSR count). The highest BCUT2D eigenvalue weighted by molar-refractivity contribution is 6.28. The smallest absolute Gasteiger partial charge is 0.218 e. The normalized spacial score (nSPS) is 15.6. The minimum Gasteiger partial charge on any atom is -0.218 e. The van der Waals surface area contributed by atoms with Gasteiger partial charge in [0.05, 0.1) is 11.2 Å². The van der Waals surface area contributed by atoms with Gasteiger partial charge in [0.2, 0.25) is 5.28 Å². The van der Waals surface area contributed by atoms with Crippen molar-refractivity contribution in [3.8, 4) is 22.4 Å². The van der Waals surface area contributed by atoms with E-state index in [0.29, 0.717) is 5.92 Å². The molecule has 0 saturated carbocycles. The van der Waals surface area contributed by atoms with Gasteiger partial charge in [-0.2, -0.15) is 0 Å². The molecule has 1 aromatic heterocycles. The highest BCUT2D eigenvalue weighted by Crippen LogP contribution is 2.34. The molecule has 1 heterocycles. The van der Waals surface area contributed by atoms with Gasteiger partial charge >= 0.3 is 0 Å². The maximum absolute atomic E-state index is 6.17. The molecule has 3 aromatic carbocycles. The van der Waals surface area contributed by atoms with Gasteiger partial charge < -0.3 is 0 Å². The summed E-state index contributed by atoms with van der Waals surface area (Å²) in [7, 11) is 0. The summed E-state index contributed by atoms with van der Waals surface area (Å²) in [6, 6.07) is 23.1. The van der Waals surface area contributed by atoms with Crippen LogP contribution in [0.3, 0.4) is 0 Å². The van der Waals surface area contributed by atoms with Crippen molar-refractivity contribution < 1.29 is 0 Å². The van der Waals surface area contributed by atoms with Gasteiger partial charge in [-0.3, -0.25) is 0 Å². The Hall–Kier alpha value is -2.97. The average molecular weight is 383 g/mol. The van der Waals surface area contributed by atoms with Gasteiger partial charge in [-0.1, -0.05) is 79.7 Å². The van der Waals surface area contributed by atoms with Crippen LogP contribution in [0, 0.1) is 5.92 Å². The molecule has 136 valence electrons. The number of para-hydroxylation sites is 1. The van der Waals surface area contributed by atoms with Crippen LogP contribution in [0.4, 0.5) is 0 Å². The van der Waals surface area contributed by atoms with E-state index >= 15 is 0 Å². The van der Waals surface area contributed by atoms with Crippen LogP contribution >= 0.6 is 11.6 Å². The van der Waals surface area contributed by atoms with Crippen molar-refractivity contribution in [1.29, 1.82) is 0 Å². The SMILES string of the molecule is CC1C=Cc2cccc(-c3ccc(-c4nc(Cl)nc5ccccc45)cc3)c2C1. The van der Waals surface area contributed by atoms with E-state index in [1.165, 1.54) is 22.3 Å². The van der Waals surface area contributed by atoms with Gasteiger partial charge in [0.1, 0.15) is 0 Å². The fraction of sp³-hybridized carbons (Fsp3) is 0.120. The Labute approximate surface area is 169 Å². The summed E-state index contributed by atoms with van der Waals surface area (Å²) in [6.07, 6.45) is 5.62. The second-order valence-corrected chi connectivity index (χ2v) is 7.69. The number of benzene rings is 3. The van der Waals surface area contributed by atoms with Crippen molar-refractivity contribution in [2.24, 2.45) is 5.92 Å². The summed E-state index contributed by atoms with van der Waals surface area (Å²) >= 11 is 6.17. The minimum absolute atomic E-state index is 0.274. The lowest BCUT2D eigenvalue weighted by Crippen LogP contribution is -2.05. The molecule has 1 atom stereocenters. The Kier molecular flexibility index (Phi) is 4.22. The molecular formula is C25H19ClN2. The van der Waals surface area contributed by atoms with Crippen molar-refractivity contribution >= 4 is 28.6 Å². The largest absolute Gasteiger partial charge is 0.223 e. The number of fused-ring (bicyclic) bond motifs is 2. The number of hydrogen-bond acceptors (Lipinski definition) is 2. The molecule has 0 bridgehead atoms. The lowest BCUT2D eigenvalue weighted by Gasteiger charge is -2.20. The van der Waals surface area contributed by atoms with Gasteiger partial charge in [0, 0.05) is 10.9 Å². The Bertz CT molecular complexity index is 1210. The van der Waals surface area contributed by atoms with Crippen molar-refractivity contribution in [2.75, 3.05) is 0 Å². The molecule has 0 fully saturated rings. The molecule has 1 aliphatic carbocycles. The monoisotopic (exact) mass is 382 g/mol. The zero-order valence-corrected chi connectivity index (χ0v) is 16.3. The standard InChI is InChI=1S/C25H19ClN2/c1-16-9-10-17-5-4-7-20(22(17)15-16)18-11-13-19(14-12-18)24-21-6-2-3-8-23(21)27-25(26)28-24/h2-14,16H,15H2,1H3. The van der Waals surface area contributed by atoms with Gasteiger partial charge in [0.15, 0.2) is 0 Å². The van der Waals surface area contributed by atoms with E-state index in [9.17, 15) is 0 Å². The summed E-state index contributed by atoms with van der Waals surface area (Å²) in [6.45, 7) is 2.27. The highest BCUT2D eigenvalue weighted by atomic mass is 35.5. The molecule has 1 aliphatic rings. The van der Waals surface area contributed by atoms with Gasteiger partial charge in [-0.05, 0) is 52.3 Å². The van der Waals surface area contributed by atoms with Crippen molar-refractivity contribution in [1.82, 2.24) is 9.97 Å². The number of hydrogen-bond donors (Lipinski definition) is 0. The average Bonchev–Trinajstić information content (AvgIpc) is 2.73. The van der Waals surface area contributed by atoms with Gasteiger partial charge in [-0.15, -0.1) is 0 Å².